The Bertz CT molecular complexity index is 1510. The van der Waals surface area contributed by atoms with Gasteiger partial charge in [-0.2, -0.15) is 0 Å². The maximum Gasteiger partial charge on any atom is 0.489 e. The number of rotatable bonds is 2. The van der Waals surface area contributed by atoms with E-state index in [1.165, 1.54) is 0 Å². The van der Waals surface area contributed by atoms with Crippen molar-refractivity contribution in [1.29, 1.82) is 0 Å². The van der Waals surface area contributed by atoms with E-state index >= 15 is 0 Å². The van der Waals surface area contributed by atoms with Gasteiger partial charge in [-0.05, 0) is 77.6 Å². The average molecular weight is 390 g/mol. The van der Waals surface area contributed by atoms with Crippen LogP contribution in [0.5, 0.6) is 0 Å². The van der Waals surface area contributed by atoms with Crippen LogP contribution in [0.25, 0.3) is 54.6 Å². The molecule has 0 heterocycles. The molecule has 0 atom stereocenters. The number of benzene rings is 5. The Labute approximate surface area is 172 Å². The summed E-state index contributed by atoms with van der Waals surface area (Å²) in [6.45, 7) is 0. The highest BCUT2D eigenvalue weighted by atomic mass is 16.4. The third kappa shape index (κ3) is 2.27. The first-order valence-corrected chi connectivity index (χ1v) is 9.82. The minimum Gasteiger partial charge on any atom is -0.423 e. The van der Waals surface area contributed by atoms with Crippen LogP contribution in [0, 0.1) is 0 Å². The molecule has 0 radical (unpaired) electrons. The average Bonchev–Trinajstić information content (AvgIpc) is 3.08. The molecule has 0 unspecified atom stereocenters. The van der Waals surface area contributed by atoms with Crippen molar-refractivity contribution >= 4 is 57.5 Å². The third-order valence-electron chi connectivity index (χ3n) is 6.20. The predicted octanol–water partition coefficient (Wildman–Crippen LogP) is 2.15. The molecule has 0 spiro atoms. The summed E-state index contributed by atoms with van der Waals surface area (Å²) in [6.07, 6.45) is 0. The lowest BCUT2D eigenvalue weighted by Crippen LogP contribution is -2.30. The number of hydrogen-bond acceptors (Lipinski definition) is 4. The summed E-state index contributed by atoms with van der Waals surface area (Å²) in [5, 5.41) is 45.2. The van der Waals surface area contributed by atoms with Crippen molar-refractivity contribution in [2.45, 2.75) is 0 Å². The molecule has 0 saturated carbocycles. The van der Waals surface area contributed by atoms with E-state index in [0.29, 0.717) is 10.9 Å². The van der Waals surface area contributed by atoms with Crippen LogP contribution in [-0.4, -0.2) is 34.3 Å². The molecule has 1 aliphatic rings. The first-order chi connectivity index (χ1) is 14.5. The van der Waals surface area contributed by atoms with Crippen LogP contribution in [0.3, 0.4) is 0 Å². The van der Waals surface area contributed by atoms with Crippen LogP contribution >= 0.6 is 0 Å². The Morgan fingerprint density at radius 3 is 2.10 bits per heavy atom. The fraction of sp³-hybridized carbons (Fsp3) is 0. The van der Waals surface area contributed by atoms with Crippen LogP contribution in [0.15, 0.2) is 72.8 Å². The van der Waals surface area contributed by atoms with Crippen molar-refractivity contribution in [2.24, 2.45) is 0 Å². The van der Waals surface area contributed by atoms with Gasteiger partial charge in [0.1, 0.15) is 0 Å². The highest BCUT2D eigenvalue weighted by molar-refractivity contribution is 6.63. The second-order valence-electron chi connectivity index (χ2n) is 7.82. The normalized spacial score (nSPS) is 12.0. The van der Waals surface area contributed by atoms with Crippen LogP contribution in [-0.2, 0) is 0 Å². The Hall–Kier alpha value is -3.15. The molecule has 6 heteroatoms. The summed E-state index contributed by atoms with van der Waals surface area (Å²) < 4.78 is 0. The molecule has 0 saturated heterocycles. The second-order valence-corrected chi connectivity index (χ2v) is 7.82. The fourth-order valence-corrected chi connectivity index (χ4v) is 4.94. The largest absolute Gasteiger partial charge is 0.489 e. The molecule has 142 valence electrons. The van der Waals surface area contributed by atoms with E-state index in [1.54, 1.807) is 12.1 Å². The SMILES string of the molecule is OB(O)c1ccc2c(c1)cc1c3c(c4c(B(O)O)cccc4cc32)-c2ccccc2-1. The fourth-order valence-electron chi connectivity index (χ4n) is 4.94. The van der Waals surface area contributed by atoms with Gasteiger partial charge in [0.2, 0.25) is 0 Å². The van der Waals surface area contributed by atoms with Gasteiger partial charge in [-0.3, -0.25) is 0 Å². The topological polar surface area (TPSA) is 80.9 Å². The lowest BCUT2D eigenvalue weighted by atomic mass is 9.74. The predicted molar refractivity (Wildman–Crippen MR) is 123 cm³/mol. The lowest BCUT2D eigenvalue weighted by Gasteiger charge is -2.14. The van der Waals surface area contributed by atoms with E-state index in [9.17, 15) is 20.1 Å². The van der Waals surface area contributed by atoms with E-state index in [0.717, 1.165) is 54.6 Å². The van der Waals surface area contributed by atoms with Crippen molar-refractivity contribution in [3.05, 3.63) is 72.8 Å². The number of hydrogen-bond donors (Lipinski definition) is 4. The van der Waals surface area contributed by atoms with Gasteiger partial charge in [-0.25, -0.2) is 0 Å². The molecule has 4 nitrogen and oxygen atoms in total. The van der Waals surface area contributed by atoms with Gasteiger partial charge >= 0.3 is 14.2 Å². The Balaban J connectivity index is 1.88. The van der Waals surface area contributed by atoms with Crippen molar-refractivity contribution in [3.8, 4) is 22.3 Å². The van der Waals surface area contributed by atoms with E-state index in [-0.39, 0.29) is 0 Å². The van der Waals surface area contributed by atoms with Gasteiger partial charge in [0.25, 0.3) is 0 Å². The molecule has 1 aliphatic carbocycles. The quantitative estimate of drug-likeness (QED) is 0.208. The van der Waals surface area contributed by atoms with Gasteiger partial charge in [-0.1, -0.05) is 60.7 Å². The lowest BCUT2D eigenvalue weighted by molar-refractivity contribution is 0.424. The third-order valence-corrected chi connectivity index (χ3v) is 6.20. The molecule has 30 heavy (non-hydrogen) atoms. The Morgan fingerprint density at radius 2 is 1.33 bits per heavy atom. The first kappa shape index (κ1) is 17.7. The summed E-state index contributed by atoms with van der Waals surface area (Å²) in [7, 11) is -3.08. The summed E-state index contributed by atoms with van der Waals surface area (Å²) >= 11 is 0. The highest BCUT2D eigenvalue weighted by Crippen LogP contribution is 2.51. The second kappa shape index (κ2) is 6.17. The van der Waals surface area contributed by atoms with Crippen molar-refractivity contribution in [3.63, 3.8) is 0 Å². The van der Waals surface area contributed by atoms with E-state index in [1.807, 2.05) is 36.4 Å². The molecule has 4 N–H and O–H groups in total. The van der Waals surface area contributed by atoms with E-state index < -0.39 is 14.2 Å². The van der Waals surface area contributed by atoms with Crippen LogP contribution in [0.4, 0.5) is 0 Å². The molecule has 5 aromatic carbocycles. The van der Waals surface area contributed by atoms with Gasteiger partial charge in [0.05, 0.1) is 0 Å². The van der Waals surface area contributed by atoms with Crippen LogP contribution in [0.1, 0.15) is 0 Å². The van der Waals surface area contributed by atoms with Crippen molar-refractivity contribution < 1.29 is 20.1 Å². The molecule has 5 aromatic rings. The minimum absolute atomic E-state index is 0.451. The monoisotopic (exact) mass is 390 g/mol. The van der Waals surface area contributed by atoms with Crippen LogP contribution < -0.4 is 10.9 Å². The molecular weight excluding hydrogens is 374 g/mol. The van der Waals surface area contributed by atoms with E-state index in [4.69, 9.17) is 0 Å². The zero-order chi connectivity index (χ0) is 20.6. The maximum absolute atomic E-state index is 10.0. The molecule has 0 aromatic heterocycles. The maximum atomic E-state index is 10.0. The van der Waals surface area contributed by atoms with Gasteiger partial charge in [-0.15, -0.1) is 0 Å². The van der Waals surface area contributed by atoms with Crippen molar-refractivity contribution in [2.75, 3.05) is 0 Å². The van der Waals surface area contributed by atoms with Gasteiger partial charge < -0.3 is 20.1 Å². The zero-order valence-electron chi connectivity index (χ0n) is 15.9. The molecular formula is C24H16B2O4. The Kier molecular flexibility index (Phi) is 3.64. The zero-order valence-corrected chi connectivity index (χ0v) is 15.9. The molecule has 0 aliphatic heterocycles. The Morgan fingerprint density at radius 1 is 0.533 bits per heavy atom. The molecule has 0 amide bonds. The van der Waals surface area contributed by atoms with E-state index in [2.05, 4.69) is 24.3 Å². The molecule has 0 fully saturated rings. The summed E-state index contributed by atoms with van der Waals surface area (Å²) in [6, 6.07) is 23.4. The smallest absolute Gasteiger partial charge is 0.423 e. The number of fused-ring (bicyclic) bond motifs is 7. The minimum atomic E-state index is -1.56. The van der Waals surface area contributed by atoms with Gasteiger partial charge in [0, 0.05) is 0 Å². The summed E-state index contributed by atoms with van der Waals surface area (Å²) in [5.41, 5.74) is 5.18. The molecule has 6 rings (SSSR count). The van der Waals surface area contributed by atoms with Crippen LogP contribution in [0.2, 0.25) is 0 Å². The molecule has 0 bridgehead atoms. The summed E-state index contributed by atoms with van der Waals surface area (Å²) in [5.74, 6) is 0. The highest BCUT2D eigenvalue weighted by Gasteiger charge is 2.28. The first-order valence-electron chi connectivity index (χ1n) is 9.82. The summed E-state index contributed by atoms with van der Waals surface area (Å²) in [4.78, 5) is 0. The van der Waals surface area contributed by atoms with Gasteiger partial charge in [0.15, 0.2) is 0 Å². The van der Waals surface area contributed by atoms with Crippen molar-refractivity contribution in [1.82, 2.24) is 0 Å². The standard InChI is InChI=1S/C24H16B2O4/c27-25(28)15-8-9-16-14(10-15)12-20-17-5-1-2-6-18(17)24-22-13(11-19(16)23(20)24)4-3-7-21(22)26(29)30/h1-12,27-30H.